The van der Waals surface area contributed by atoms with E-state index in [0.29, 0.717) is 10.8 Å². The Kier molecular flexibility index (Phi) is 15.2. The molecule has 0 spiro atoms. The standard InChI is InChI=1S/C18H26ClN3O.2H3O4P/c1-2-22(10-11-23)9-5-3-4-6-14-12-18(20)21-17-13-15(19)7-8-16(14)17;2*1-5(2,3)4/h7-8,12-13,23H,2-6,9-11H2,1H3,(H2,20,21);2*(H3,1,2,3,4). The summed E-state index contributed by atoms with van der Waals surface area (Å²) in [6.07, 6.45) is 4.44. The first kappa shape index (κ1) is 31.9. The molecule has 1 heterocycles. The average Bonchev–Trinajstić information content (AvgIpc) is 2.63. The van der Waals surface area contributed by atoms with Crippen molar-refractivity contribution in [1.82, 2.24) is 9.88 Å². The van der Waals surface area contributed by atoms with Crippen molar-refractivity contribution in [3.63, 3.8) is 0 Å². The lowest BCUT2D eigenvalue weighted by Crippen LogP contribution is -2.27. The summed E-state index contributed by atoms with van der Waals surface area (Å²) in [6.45, 7) is 5.17. The van der Waals surface area contributed by atoms with Crippen molar-refractivity contribution in [3.8, 4) is 0 Å². The van der Waals surface area contributed by atoms with Gasteiger partial charge in [-0.1, -0.05) is 31.0 Å². The molecule has 0 aliphatic heterocycles. The molecule has 0 fully saturated rings. The number of nitrogens with two attached hydrogens (primary N) is 1. The highest BCUT2D eigenvalue weighted by atomic mass is 35.5. The number of pyridine rings is 1. The van der Waals surface area contributed by atoms with Gasteiger partial charge in [0.2, 0.25) is 0 Å². The number of rotatable bonds is 9. The Balaban J connectivity index is 0.000000859. The van der Waals surface area contributed by atoms with Gasteiger partial charge in [-0.15, -0.1) is 0 Å². The normalized spacial score (nSPS) is 11.6. The van der Waals surface area contributed by atoms with Gasteiger partial charge in [-0.2, -0.15) is 0 Å². The van der Waals surface area contributed by atoms with E-state index in [-0.39, 0.29) is 6.61 Å². The number of halogens is 1. The van der Waals surface area contributed by atoms with Gasteiger partial charge < -0.3 is 45.1 Å². The van der Waals surface area contributed by atoms with Crippen molar-refractivity contribution < 1.29 is 43.6 Å². The van der Waals surface area contributed by atoms with E-state index in [1.54, 1.807) is 0 Å². The number of fused-ring (bicyclic) bond motifs is 1. The highest BCUT2D eigenvalue weighted by Gasteiger charge is 2.06. The van der Waals surface area contributed by atoms with E-state index in [1.165, 1.54) is 12.0 Å². The molecule has 0 bridgehead atoms. The number of anilines is 1. The van der Waals surface area contributed by atoms with Crippen molar-refractivity contribution in [3.05, 3.63) is 34.9 Å². The van der Waals surface area contributed by atoms with E-state index in [1.807, 2.05) is 24.3 Å². The Morgan fingerprint density at radius 1 is 0.970 bits per heavy atom. The number of hydrogen-bond acceptors (Lipinski definition) is 6. The fourth-order valence-electron chi connectivity index (χ4n) is 2.90. The van der Waals surface area contributed by atoms with Crippen LogP contribution in [0.3, 0.4) is 0 Å². The van der Waals surface area contributed by atoms with E-state index in [0.717, 1.165) is 49.8 Å². The Morgan fingerprint density at radius 3 is 2.06 bits per heavy atom. The quantitative estimate of drug-likeness (QED) is 0.171. The number of unbranched alkanes of at least 4 members (excludes halogenated alkanes) is 2. The number of aromatic nitrogens is 1. The number of benzene rings is 1. The Bertz CT molecular complexity index is 898. The van der Waals surface area contributed by atoms with Gasteiger partial charge in [-0.05, 0) is 56.1 Å². The molecule has 0 atom stereocenters. The van der Waals surface area contributed by atoms with Crippen LogP contribution in [0.5, 0.6) is 0 Å². The molecule has 15 heteroatoms. The van der Waals surface area contributed by atoms with Gasteiger partial charge in [-0.25, -0.2) is 14.1 Å². The zero-order valence-electron chi connectivity index (χ0n) is 18.2. The van der Waals surface area contributed by atoms with Crippen molar-refractivity contribution in [2.75, 3.05) is 32.0 Å². The zero-order valence-corrected chi connectivity index (χ0v) is 20.7. The summed E-state index contributed by atoms with van der Waals surface area (Å²) in [7, 11) is -9.28. The molecule has 190 valence electrons. The maximum atomic E-state index is 9.00. The summed E-state index contributed by atoms with van der Waals surface area (Å²) in [4.78, 5) is 49.8. The van der Waals surface area contributed by atoms with Crippen LogP contribution in [0, 0.1) is 0 Å². The van der Waals surface area contributed by atoms with Crippen LogP contribution in [0.1, 0.15) is 31.7 Å². The summed E-state index contributed by atoms with van der Waals surface area (Å²) in [5, 5.41) is 10.8. The van der Waals surface area contributed by atoms with Crippen LogP contribution in [0.15, 0.2) is 24.3 Å². The number of phosphoric acid groups is 2. The summed E-state index contributed by atoms with van der Waals surface area (Å²) in [5.41, 5.74) is 8.02. The number of aliphatic hydroxyl groups is 1. The van der Waals surface area contributed by atoms with Crippen molar-refractivity contribution in [1.29, 1.82) is 0 Å². The van der Waals surface area contributed by atoms with Crippen LogP contribution >= 0.6 is 27.2 Å². The summed E-state index contributed by atoms with van der Waals surface area (Å²) in [6, 6.07) is 7.77. The number of hydrogen-bond donors (Lipinski definition) is 8. The van der Waals surface area contributed by atoms with Gasteiger partial charge in [0.1, 0.15) is 5.82 Å². The molecule has 33 heavy (non-hydrogen) atoms. The Hall–Kier alpha value is -1.14. The highest BCUT2D eigenvalue weighted by Crippen LogP contribution is 2.26. The Labute approximate surface area is 197 Å². The molecule has 0 aliphatic rings. The number of nitrogens with zero attached hydrogens (tertiary/aromatic N) is 2. The van der Waals surface area contributed by atoms with Crippen LogP contribution in [0.25, 0.3) is 10.9 Å². The third-order valence-electron chi connectivity index (χ3n) is 4.16. The molecule has 0 saturated heterocycles. The maximum absolute atomic E-state index is 9.00. The topological polar surface area (TPSA) is 218 Å². The fourth-order valence-corrected chi connectivity index (χ4v) is 3.07. The van der Waals surface area contributed by atoms with Crippen LogP contribution in [-0.2, 0) is 15.6 Å². The minimum absolute atomic E-state index is 0.235. The monoisotopic (exact) mass is 531 g/mol. The molecule has 0 aliphatic carbocycles. The van der Waals surface area contributed by atoms with Crippen LogP contribution < -0.4 is 5.73 Å². The van der Waals surface area contributed by atoms with Crippen molar-refractivity contribution >= 4 is 44.0 Å². The largest absolute Gasteiger partial charge is 0.466 e. The molecular weight excluding hydrogens is 500 g/mol. The molecule has 0 saturated carbocycles. The molecule has 9 N–H and O–H groups in total. The average molecular weight is 532 g/mol. The molecule has 1 aromatic heterocycles. The minimum Gasteiger partial charge on any atom is -0.395 e. The zero-order chi connectivity index (χ0) is 25.7. The smallest absolute Gasteiger partial charge is 0.395 e. The first-order chi connectivity index (χ1) is 15.1. The molecular formula is C18H32ClN3O9P2. The van der Waals surface area contributed by atoms with Gasteiger partial charge in [0.05, 0.1) is 12.1 Å². The molecule has 0 radical (unpaired) electrons. The van der Waals surface area contributed by atoms with Crippen LogP contribution in [0.2, 0.25) is 5.02 Å². The summed E-state index contributed by atoms with van der Waals surface area (Å²) in [5.74, 6) is 0.551. The molecule has 1 aromatic carbocycles. The highest BCUT2D eigenvalue weighted by molar-refractivity contribution is 7.45. The van der Waals surface area contributed by atoms with Crippen LogP contribution in [0.4, 0.5) is 5.82 Å². The van der Waals surface area contributed by atoms with E-state index < -0.39 is 15.6 Å². The van der Waals surface area contributed by atoms with Gasteiger partial charge in [-0.3, -0.25) is 0 Å². The predicted molar refractivity (Wildman–Crippen MR) is 126 cm³/mol. The molecule has 2 rings (SSSR count). The number of aliphatic hydroxyl groups excluding tert-OH is 1. The van der Waals surface area contributed by atoms with E-state index in [9.17, 15) is 0 Å². The first-order valence-corrected chi connectivity index (χ1v) is 13.4. The Morgan fingerprint density at radius 2 is 1.55 bits per heavy atom. The van der Waals surface area contributed by atoms with Crippen molar-refractivity contribution in [2.45, 2.75) is 32.6 Å². The first-order valence-electron chi connectivity index (χ1n) is 9.88. The van der Waals surface area contributed by atoms with E-state index >= 15 is 0 Å². The summed E-state index contributed by atoms with van der Waals surface area (Å²) >= 11 is 6.03. The maximum Gasteiger partial charge on any atom is 0.466 e. The number of nitrogen functional groups attached to an aromatic ring is 1. The molecule has 0 amide bonds. The van der Waals surface area contributed by atoms with Gasteiger partial charge in [0.15, 0.2) is 0 Å². The summed E-state index contributed by atoms with van der Waals surface area (Å²) < 4.78 is 17.8. The second-order valence-electron chi connectivity index (χ2n) is 6.86. The van der Waals surface area contributed by atoms with E-state index in [2.05, 4.69) is 16.8 Å². The van der Waals surface area contributed by atoms with Gasteiger partial charge in [0.25, 0.3) is 0 Å². The minimum atomic E-state index is -4.64. The number of likely N-dealkylation sites (N-methyl/N-ethyl adjacent to an activating group) is 1. The lowest BCUT2D eigenvalue weighted by Gasteiger charge is -2.18. The molecule has 0 unspecified atom stereocenters. The number of aryl methyl sites for hydroxylation is 1. The second kappa shape index (κ2) is 15.7. The second-order valence-corrected chi connectivity index (χ2v) is 9.35. The molecule has 2 aromatic rings. The predicted octanol–water partition coefficient (Wildman–Crippen LogP) is 1.64. The third kappa shape index (κ3) is 18.9. The van der Waals surface area contributed by atoms with E-state index in [4.69, 9.17) is 60.9 Å². The van der Waals surface area contributed by atoms with Gasteiger partial charge >= 0.3 is 15.6 Å². The third-order valence-corrected chi connectivity index (χ3v) is 4.40. The lowest BCUT2D eigenvalue weighted by atomic mass is 10.0. The fraction of sp³-hybridized carbons (Fsp3) is 0.500. The van der Waals surface area contributed by atoms with Crippen LogP contribution in [-0.4, -0.2) is 70.6 Å². The lowest BCUT2D eigenvalue weighted by molar-refractivity contribution is 0.199. The van der Waals surface area contributed by atoms with Gasteiger partial charge in [0, 0.05) is 17.0 Å². The SMILES string of the molecule is CCN(CCO)CCCCCc1cc(N)nc2cc(Cl)ccc12.O=P(O)(O)O.O=P(O)(O)O. The molecule has 12 nitrogen and oxygen atoms in total. The van der Waals surface area contributed by atoms with Crippen molar-refractivity contribution in [2.24, 2.45) is 0 Å².